The van der Waals surface area contributed by atoms with E-state index in [0.29, 0.717) is 5.92 Å². The number of urea groups is 1. The Bertz CT molecular complexity index is 725. The van der Waals surface area contributed by atoms with Crippen LogP contribution in [0.4, 0.5) is 9.18 Å². The second-order valence-corrected chi connectivity index (χ2v) is 10.4. The summed E-state index contributed by atoms with van der Waals surface area (Å²) in [6, 6.07) is 7.31. The van der Waals surface area contributed by atoms with Gasteiger partial charge in [0.2, 0.25) is 0 Å². The standard InChI is InChI=1S/C28H46FN3O2/c1-30-20-26(18-22-10-4-3-5-11-22)31-28(33)32-16-9-13-24(21-32)27(15-6-7-17-34-2)23-12-8-14-25(29)19-23/h8,12,14,19,22,24,26-27,30H,3-7,9-11,13,15-18,20-21H2,1-2H3,(H,31,33)/t24-,26?,27+/m1/s1. The molecule has 1 heterocycles. The van der Waals surface area contributed by atoms with E-state index in [1.807, 2.05) is 18.0 Å². The monoisotopic (exact) mass is 475 g/mol. The van der Waals surface area contributed by atoms with Gasteiger partial charge < -0.3 is 20.3 Å². The van der Waals surface area contributed by atoms with Gasteiger partial charge in [-0.15, -0.1) is 0 Å². The van der Waals surface area contributed by atoms with Crippen LogP contribution >= 0.6 is 0 Å². The van der Waals surface area contributed by atoms with Gasteiger partial charge in [-0.1, -0.05) is 50.7 Å². The van der Waals surface area contributed by atoms with Crippen LogP contribution in [0.1, 0.15) is 82.1 Å². The quantitative estimate of drug-likeness (QED) is 0.381. The lowest BCUT2D eigenvalue weighted by molar-refractivity contribution is 0.147. The number of rotatable bonds is 12. The molecule has 0 aromatic heterocycles. The van der Waals surface area contributed by atoms with Crippen molar-refractivity contribution in [2.24, 2.45) is 11.8 Å². The molecule has 3 rings (SSSR count). The average molecular weight is 476 g/mol. The van der Waals surface area contributed by atoms with E-state index in [1.54, 1.807) is 13.2 Å². The number of ether oxygens (including phenoxy) is 1. The summed E-state index contributed by atoms with van der Waals surface area (Å²) in [5.74, 6) is 1.16. The Morgan fingerprint density at radius 3 is 2.74 bits per heavy atom. The number of nitrogens with zero attached hydrogens (tertiary/aromatic N) is 1. The maximum absolute atomic E-state index is 14.1. The van der Waals surface area contributed by atoms with Crippen LogP contribution in [0.2, 0.25) is 0 Å². The van der Waals surface area contributed by atoms with Crippen LogP contribution < -0.4 is 10.6 Å². The number of hydrogen-bond acceptors (Lipinski definition) is 3. The first kappa shape index (κ1) is 26.9. The first-order chi connectivity index (χ1) is 16.6. The van der Waals surface area contributed by atoms with E-state index in [0.717, 1.165) is 76.2 Å². The third-order valence-electron chi connectivity index (χ3n) is 7.83. The molecule has 2 fully saturated rings. The van der Waals surface area contributed by atoms with Crippen molar-refractivity contribution in [1.29, 1.82) is 0 Å². The SMILES string of the molecule is CNCC(CC1CCCCC1)NC(=O)N1CCC[C@@H]([C@@H](CCCCOC)c2cccc(F)c2)C1. The van der Waals surface area contributed by atoms with Crippen molar-refractivity contribution in [1.82, 2.24) is 15.5 Å². The third kappa shape index (κ3) is 8.53. The van der Waals surface area contributed by atoms with E-state index in [2.05, 4.69) is 16.7 Å². The number of benzene rings is 1. The van der Waals surface area contributed by atoms with Crippen molar-refractivity contribution in [3.05, 3.63) is 35.6 Å². The fraction of sp³-hybridized carbons (Fsp3) is 0.750. The van der Waals surface area contributed by atoms with E-state index >= 15 is 0 Å². The molecule has 0 bridgehead atoms. The van der Waals surface area contributed by atoms with Crippen molar-refractivity contribution in [3.63, 3.8) is 0 Å². The molecule has 1 unspecified atom stereocenters. The lowest BCUT2D eigenvalue weighted by atomic mass is 9.78. The van der Waals surface area contributed by atoms with Crippen molar-refractivity contribution >= 4 is 6.03 Å². The summed E-state index contributed by atoms with van der Waals surface area (Å²) in [5.41, 5.74) is 1.06. The molecule has 3 atom stereocenters. The van der Waals surface area contributed by atoms with Crippen LogP contribution in [0, 0.1) is 17.7 Å². The minimum Gasteiger partial charge on any atom is -0.385 e. The van der Waals surface area contributed by atoms with Gasteiger partial charge in [-0.3, -0.25) is 0 Å². The zero-order valence-electron chi connectivity index (χ0n) is 21.4. The van der Waals surface area contributed by atoms with Gasteiger partial charge in [0.15, 0.2) is 0 Å². The number of amides is 2. The smallest absolute Gasteiger partial charge is 0.317 e. The maximum Gasteiger partial charge on any atom is 0.317 e. The van der Waals surface area contributed by atoms with Gasteiger partial charge in [0.05, 0.1) is 0 Å². The van der Waals surface area contributed by atoms with Gasteiger partial charge in [-0.05, 0) is 74.6 Å². The minimum atomic E-state index is -0.178. The second-order valence-electron chi connectivity index (χ2n) is 10.4. The Morgan fingerprint density at radius 1 is 1.18 bits per heavy atom. The summed E-state index contributed by atoms with van der Waals surface area (Å²) < 4.78 is 19.3. The number of halogens is 1. The largest absolute Gasteiger partial charge is 0.385 e. The summed E-state index contributed by atoms with van der Waals surface area (Å²) in [4.78, 5) is 15.3. The van der Waals surface area contributed by atoms with Gasteiger partial charge in [-0.2, -0.15) is 0 Å². The fourth-order valence-corrected chi connectivity index (χ4v) is 6.08. The molecular formula is C28H46FN3O2. The molecule has 1 aliphatic heterocycles. The van der Waals surface area contributed by atoms with Crippen LogP contribution in [-0.2, 0) is 4.74 Å². The molecule has 0 spiro atoms. The number of likely N-dealkylation sites (N-methyl/N-ethyl adjacent to an activating group) is 1. The highest BCUT2D eigenvalue weighted by Crippen LogP contribution is 2.36. The van der Waals surface area contributed by atoms with Crippen molar-refractivity contribution < 1.29 is 13.9 Å². The van der Waals surface area contributed by atoms with E-state index in [-0.39, 0.29) is 23.8 Å². The molecule has 1 saturated carbocycles. The number of nitrogens with one attached hydrogen (secondary N) is 2. The van der Waals surface area contributed by atoms with Crippen LogP contribution in [0.5, 0.6) is 0 Å². The Balaban J connectivity index is 1.62. The van der Waals surface area contributed by atoms with Gasteiger partial charge in [0.25, 0.3) is 0 Å². The molecule has 1 aromatic rings. The normalized spacial score (nSPS) is 21.3. The molecule has 2 amide bonds. The van der Waals surface area contributed by atoms with E-state index in [1.165, 1.54) is 38.2 Å². The minimum absolute atomic E-state index is 0.0677. The topological polar surface area (TPSA) is 53.6 Å². The summed E-state index contributed by atoms with van der Waals surface area (Å²) >= 11 is 0. The number of carbonyl (C=O) groups excluding carboxylic acids is 1. The van der Waals surface area contributed by atoms with E-state index in [4.69, 9.17) is 4.74 Å². The van der Waals surface area contributed by atoms with Crippen molar-refractivity contribution in [3.8, 4) is 0 Å². The summed E-state index contributed by atoms with van der Waals surface area (Å²) in [6.07, 6.45) is 12.8. The fourth-order valence-electron chi connectivity index (χ4n) is 6.08. The molecular weight excluding hydrogens is 429 g/mol. The maximum atomic E-state index is 14.1. The lowest BCUT2D eigenvalue weighted by Crippen LogP contribution is -2.51. The second kappa shape index (κ2) is 14.7. The average Bonchev–Trinajstić information content (AvgIpc) is 2.85. The highest BCUT2D eigenvalue weighted by Gasteiger charge is 2.31. The number of piperidine rings is 1. The van der Waals surface area contributed by atoms with Crippen LogP contribution in [0.3, 0.4) is 0 Å². The molecule has 2 aliphatic rings. The predicted molar refractivity (Wildman–Crippen MR) is 137 cm³/mol. The third-order valence-corrected chi connectivity index (χ3v) is 7.83. The molecule has 6 heteroatoms. The van der Waals surface area contributed by atoms with E-state index < -0.39 is 0 Å². The number of methoxy groups -OCH3 is 1. The summed E-state index contributed by atoms with van der Waals surface area (Å²) in [6.45, 7) is 3.11. The van der Waals surface area contributed by atoms with E-state index in [9.17, 15) is 9.18 Å². The lowest BCUT2D eigenvalue weighted by Gasteiger charge is -2.38. The molecule has 5 nitrogen and oxygen atoms in total. The first-order valence-electron chi connectivity index (χ1n) is 13.5. The van der Waals surface area contributed by atoms with Crippen LogP contribution in [-0.4, -0.2) is 57.4 Å². The summed E-state index contributed by atoms with van der Waals surface area (Å²) in [5, 5.41) is 6.63. The zero-order valence-corrected chi connectivity index (χ0v) is 21.4. The van der Waals surface area contributed by atoms with Gasteiger partial charge in [-0.25, -0.2) is 9.18 Å². The highest BCUT2D eigenvalue weighted by atomic mass is 19.1. The Kier molecular flexibility index (Phi) is 11.6. The Labute approximate surface area is 206 Å². The predicted octanol–water partition coefficient (Wildman–Crippen LogP) is 5.71. The molecule has 1 aliphatic carbocycles. The first-order valence-corrected chi connectivity index (χ1v) is 13.5. The molecule has 192 valence electrons. The number of hydrogen-bond donors (Lipinski definition) is 2. The molecule has 1 saturated heterocycles. The van der Waals surface area contributed by atoms with Gasteiger partial charge in [0, 0.05) is 39.4 Å². The summed E-state index contributed by atoms with van der Waals surface area (Å²) in [7, 11) is 3.70. The number of carbonyl (C=O) groups is 1. The number of unbranched alkanes of at least 4 members (excludes halogenated alkanes) is 1. The Morgan fingerprint density at radius 2 is 2.00 bits per heavy atom. The van der Waals surface area contributed by atoms with Gasteiger partial charge >= 0.3 is 6.03 Å². The molecule has 1 aromatic carbocycles. The highest BCUT2D eigenvalue weighted by molar-refractivity contribution is 5.74. The molecule has 0 radical (unpaired) electrons. The molecule has 2 N–H and O–H groups in total. The van der Waals surface area contributed by atoms with Gasteiger partial charge in [0.1, 0.15) is 5.82 Å². The van der Waals surface area contributed by atoms with Crippen molar-refractivity contribution in [2.75, 3.05) is 40.4 Å². The van der Waals surface area contributed by atoms with Crippen molar-refractivity contribution in [2.45, 2.75) is 82.6 Å². The van der Waals surface area contributed by atoms with Crippen LogP contribution in [0.15, 0.2) is 24.3 Å². The number of likely N-dealkylation sites (tertiary alicyclic amines) is 1. The van der Waals surface area contributed by atoms with Crippen LogP contribution in [0.25, 0.3) is 0 Å². The Hall–Kier alpha value is -1.66. The zero-order chi connectivity index (χ0) is 24.2. The molecule has 34 heavy (non-hydrogen) atoms.